The van der Waals surface area contributed by atoms with Crippen molar-refractivity contribution in [1.29, 1.82) is 0 Å². The monoisotopic (exact) mass is 325 g/mol. The number of hydrogen-bond acceptors (Lipinski definition) is 6. The van der Waals surface area contributed by atoms with Crippen LogP contribution >= 0.6 is 0 Å². The van der Waals surface area contributed by atoms with Crippen molar-refractivity contribution in [2.45, 2.75) is 18.9 Å². The van der Waals surface area contributed by atoms with E-state index in [1.807, 2.05) is 18.2 Å². The average molecular weight is 325 g/mol. The van der Waals surface area contributed by atoms with Gasteiger partial charge in [-0.1, -0.05) is 18.2 Å². The predicted octanol–water partition coefficient (Wildman–Crippen LogP) is 2.25. The van der Waals surface area contributed by atoms with Gasteiger partial charge in [-0.3, -0.25) is 0 Å². The Labute approximate surface area is 139 Å². The van der Waals surface area contributed by atoms with Crippen LogP contribution in [0.4, 0.5) is 5.82 Å². The van der Waals surface area contributed by atoms with Gasteiger partial charge in [0, 0.05) is 25.6 Å². The van der Waals surface area contributed by atoms with Crippen molar-refractivity contribution < 1.29 is 9.47 Å². The summed E-state index contributed by atoms with van der Waals surface area (Å²) in [7, 11) is 1.65. The summed E-state index contributed by atoms with van der Waals surface area (Å²) in [5.74, 6) is 2.82. The van der Waals surface area contributed by atoms with E-state index in [1.165, 1.54) is 11.9 Å². The van der Waals surface area contributed by atoms with Crippen LogP contribution in [-0.2, 0) is 11.3 Å². The molecule has 4 rings (SSSR count). The molecular formula is C17H19N5O2. The molecule has 1 N–H and O–H groups in total. The van der Waals surface area contributed by atoms with Crippen LogP contribution < -0.4 is 10.1 Å². The van der Waals surface area contributed by atoms with Gasteiger partial charge in [-0.2, -0.15) is 14.6 Å². The molecule has 24 heavy (non-hydrogen) atoms. The molecule has 0 aliphatic carbocycles. The van der Waals surface area contributed by atoms with E-state index >= 15 is 0 Å². The van der Waals surface area contributed by atoms with Crippen molar-refractivity contribution in [3.63, 3.8) is 0 Å². The Balaban J connectivity index is 1.58. The van der Waals surface area contributed by atoms with Crippen LogP contribution in [0.3, 0.4) is 0 Å². The van der Waals surface area contributed by atoms with Crippen LogP contribution in [-0.4, -0.2) is 39.8 Å². The SMILES string of the molecule is COCc1cc(NCC2CCOc3ccccc32)n2ncnc2n1. The second kappa shape index (κ2) is 6.45. The molecule has 1 aliphatic rings. The summed E-state index contributed by atoms with van der Waals surface area (Å²) in [5.41, 5.74) is 2.07. The lowest BCUT2D eigenvalue weighted by atomic mass is 9.93. The Bertz CT molecular complexity index is 848. The number of fused-ring (bicyclic) bond motifs is 2. The maximum absolute atomic E-state index is 5.73. The first-order valence-electron chi connectivity index (χ1n) is 7.99. The summed E-state index contributed by atoms with van der Waals surface area (Å²) in [6, 6.07) is 10.2. The van der Waals surface area contributed by atoms with Gasteiger partial charge >= 0.3 is 0 Å². The molecular weight excluding hydrogens is 306 g/mol. The summed E-state index contributed by atoms with van der Waals surface area (Å²) in [4.78, 5) is 8.60. The number of ether oxygens (including phenoxy) is 2. The number of anilines is 1. The first-order valence-corrected chi connectivity index (χ1v) is 7.99. The molecule has 0 saturated carbocycles. The predicted molar refractivity (Wildman–Crippen MR) is 89.3 cm³/mol. The van der Waals surface area contributed by atoms with Crippen LogP contribution in [0.5, 0.6) is 5.75 Å². The minimum Gasteiger partial charge on any atom is -0.493 e. The van der Waals surface area contributed by atoms with E-state index in [4.69, 9.17) is 9.47 Å². The Kier molecular flexibility index (Phi) is 4.00. The van der Waals surface area contributed by atoms with Gasteiger partial charge in [0.15, 0.2) is 0 Å². The van der Waals surface area contributed by atoms with Crippen LogP contribution in [0, 0.1) is 0 Å². The third-order valence-electron chi connectivity index (χ3n) is 4.21. The van der Waals surface area contributed by atoms with E-state index < -0.39 is 0 Å². The molecule has 3 heterocycles. The van der Waals surface area contributed by atoms with Crippen molar-refractivity contribution in [2.24, 2.45) is 0 Å². The number of rotatable bonds is 5. The summed E-state index contributed by atoms with van der Waals surface area (Å²) in [6.45, 7) is 1.98. The fourth-order valence-electron chi connectivity index (χ4n) is 3.06. The summed E-state index contributed by atoms with van der Waals surface area (Å²) in [6.07, 6.45) is 2.49. The molecule has 2 aromatic heterocycles. The Morgan fingerprint density at radius 1 is 1.38 bits per heavy atom. The van der Waals surface area contributed by atoms with Crippen LogP contribution in [0.25, 0.3) is 5.78 Å². The maximum atomic E-state index is 5.73. The number of benzene rings is 1. The second-order valence-corrected chi connectivity index (χ2v) is 5.79. The second-order valence-electron chi connectivity index (χ2n) is 5.79. The molecule has 0 saturated heterocycles. The molecule has 1 aromatic carbocycles. The third-order valence-corrected chi connectivity index (χ3v) is 4.21. The first kappa shape index (κ1) is 14.9. The number of aromatic nitrogens is 4. The lowest BCUT2D eigenvalue weighted by Gasteiger charge is -2.26. The summed E-state index contributed by atoms with van der Waals surface area (Å²) in [5, 5.41) is 7.74. The van der Waals surface area contributed by atoms with Crippen molar-refractivity contribution >= 4 is 11.6 Å². The summed E-state index contributed by atoms with van der Waals surface area (Å²) >= 11 is 0. The number of methoxy groups -OCH3 is 1. The molecule has 0 bridgehead atoms. The van der Waals surface area contributed by atoms with Crippen molar-refractivity contribution in [3.8, 4) is 5.75 Å². The quantitative estimate of drug-likeness (QED) is 0.775. The zero-order valence-corrected chi connectivity index (χ0v) is 13.5. The van der Waals surface area contributed by atoms with E-state index in [2.05, 4.69) is 32.5 Å². The van der Waals surface area contributed by atoms with Gasteiger partial charge in [0.1, 0.15) is 17.9 Å². The third kappa shape index (κ3) is 2.78. The van der Waals surface area contributed by atoms with Crippen molar-refractivity contribution in [3.05, 3.63) is 47.9 Å². The normalized spacial score (nSPS) is 16.6. The van der Waals surface area contributed by atoms with Crippen LogP contribution in [0.2, 0.25) is 0 Å². The van der Waals surface area contributed by atoms with E-state index in [-0.39, 0.29) is 0 Å². The van der Waals surface area contributed by atoms with Gasteiger partial charge in [0.2, 0.25) is 0 Å². The van der Waals surface area contributed by atoms with Gasteiger partial charge in [-0.05, 0) is 18.1 Å². The lowest BCUT2D eigenvalue weighted by Crippen LogP contribution is -2.21. The number of nitrogens with one attached hydrogen (secondary N) is 1. The number of hydrogen-bond donors (Lipinski definition) is 1. The smallest absolute Gasteiger partial charge is 0.254 e. The highest BCUT2D eigenvalue weighted by molar-refractivity contribution is 5.46. The lowest BCUT2D eigenvalue weighted by molar-refractivity contribution is 0.181. The number of nitrogens with zero attached hydrogens (tertiary/aromatic N) is 4. The molecule has 1 unspecified atom stereocenters. The highest BCUT2D eigenvalue weighted by Gasteiger charge is 2.21. The van der Waals surface area contributed by atoms with Crippen molar-refractivity contribution in [2.75, 3.05) is 25.6 Å². The largest absolute Gasteiger partial charge is 0.493 e. The fourth-order valence-corrected chi connectivity index (χ4v) is 3.06. The summed E-state index contributed by atoms with van der Waals surface area (Å²) < 4.78 is 12.6. The Hall–Kier alpha value is -2.67. The number of para-hydroxylation sites is 1. The Morgan fingerprint density at radius 3 is 3.21 bits per heavy atom. The van der Waals surface area contributed by atoms with E-state index in [9.17, 15) is 0 Å². The van der Waals surface area contributed by atoms with Crippen molar-refractivity contribution in [1.82, 2.24) is 19.6 Å². The molecule has 3 aromatic rings. The molecule has 7 heteroatoms. The highest BCUT2D eigenvalue weighted by Crippen LogP contribution is 2.33. The maximum Gasteiger partial charge on any atom is 0.254 e. The van der Waals surface area contributed by atoms with Gasteiger partial charge in [0.25, 0.3) is 5.78 Å². The molecule has 124 valence electrons. The Morgan fingerprint density at radius 2 is 2.29 bits per heavy atom. The average Bonchev–Trinajstić information content (AvgIpc) is 3.08. The molecule has 0 amide bonds. The van der Waals surface area contributed by atoms with Gasteiger partial charge < -0.3 is 14.8 Å². The molecule has 7 nitrogen and oxygen atoms in total. The standard InChI is InChI=1S/C17H19N5O2/c1-23-10-13-8-16(22-17(21-13)19-11-20-22)18-9-12-6-7-24-15-5-3-2-4-14(12)15/h2-5,8,11-12,18H,6-7,9-10H2,1H3. The molecule has 0 radical (unpaired) electrons. The van der Waals surface area contributed by atoms with Gasteiger partial charge in [-0.15, -0.1) is 0 Å². The molecule has 1 aliphatic heterocycles. The van der Waals surface area contributed by atoms with Crippen LogP contribution in [0.15, 0.2) is 36.7 Å². The topological polar surface area (TPSA) is 73.6 Å². The minimum absolute atomic E-state index is 0.396. The van der Waals surface area contributed by atoms with Gasteiger partial charge in [-0.25, -0.2) is 4.98 Å². The molecule has 1 atom stereocenters. The van der Waals surface area contributed by atoms with E-state index in [0.29, 0.717) is 18.3 Å². The fraction of sp³-hybridized carbons (Fsp3) is 0.353. The van der Waals surface area contributed by atoms with Gasteiger partial charge in [0.05, 0.1) is 18.9 Å². The highest BCUT2D eigenvalue weighted by atomic mass is 16.5. The minimum atomic E-state index is 0.396. The molecule has 0 fully saturated rings. The molecule has 0 spiro atoms. The van der Waals surface area contributed by atoms with E-state index in [1.54, 1.807) is 11.6 Å². The zero-order valence-electron chi connectivity index (χ0n) is 13.5. The van der Waals surface area contributed by atoms with E-state index in [0.717, 1.165) is 36.8 Å². The van der Waals surface area contributed by atoms with Crippen LogP contribution in [0.1, 0.15) is 23.6 Å². The first-order chi connectivity index (χ1) is 11.8. The zero-order chi connectivity index (χ0) is 16.4.